The van der Waals surface area contributed by atoms with Gasteiger partial charge in [0.1, 0.15) is 17.5 Å². The normalized spacial score (nSPS) is 16.8. The Labute approximate surface area is 122 Å². The van der Waals surface area contributed by atoms with E-state index >= 15 is 0 Å². The first kappa shape index (κ1) is 13.6. The largest absolute Gasteiger partial charge is 0.488 e. The number of hydrogen-bond donors (Lipinski definition) is 2. The zero-order valence-electron chi connectivity index (χ0n) is 11.7. The molecule has 1 atom stereocenters. The molecule has 6 heteroatoms. The fourth-order valence-corrected chi connectivity index (χ4v) is 2.67. The molecule has 0 saturated carbocycles. The molecular weight excluding hydrogens is 270 g/mol. The highest BCUT2D eigenvalue weighted by molar-refractivity contribution is 5.86. The Kier molecular flexibility index (Phi) is 3.62. The molecule has 1 aromatic carbocycles. The van der Waals surface area contributed by atoms with Gasteiger partial charge in [-0.15, -0.1) is 0 Å². The monoisotopic (exact) mass is 287 g/mol. The number of para-hydroxylation sites is 1. The number of aromatic carboxylic acids is 1. The van der Waals surface area contributed by atoms with Crippen LogP contribution < -0.4 is 4.74 Å². The number of benzene rings is 1. The van der Waals surface area contributed by atoms with E-state index in [2.05, 4.69) is 16.3 Å². The first-order valence-corrected chi connectivity index (χ1v) is 6.82. The number of aromatic nitrogens is 2. The molecule has 0 saturated heterocycles. The van der Waals surface area contributed by atoms with Gasteiger partial charge < -0.3 is 9.84 Å². The van der Waals surface area contributed by atoms with Crippen molar-refractivity contribution in [1.82, 2.24) is 15.1 Å². The summed E-state index contributed by atoms with van der Waals surface area (Å²) in [5, 5.41) is 15.4. The summed E-state index contributed by atoms with van der Waals surface area (Å²) in [6.07, 6.45) is 2.55. The minimum absolute atomic E-state index is 0.104. The second-order valence-corrected chi connectivity index (χ2v) is 5.32. The number of hydrogen-bond acceptors (Lipinski definition) is 4. The highest BCUT2D eigenvalue weighted by Gasteiger charge is 2.24. The predicted molar refractivity (Wildman–Crippen MR) is 76.4 cm³/mol. The Bertz CT molecular complexity index is 628. The molecule has 1 aliphatic heterocycles. The summed E-state index contributed by atoms with van der Waals surface area (Å²) in [6, 6.07) is 8.04. The number of rotatable bonds is 5. The van der Waals surface area contributed by atoms with Crippen LogP contribution in [0, 0.1) is 0 Å². The number of aromatic amines is 1. The van der Waals surface area contributed by atoms with Gasteiger partial charge in [0, 0.05) is 25.1 Å². The molecule has 0 radical (unpaired) electrons. The summed E-state index contributed by atoms with van der Waals surface area (Å²) < 4.78 is 5.89. The smallest absolute Gasteiger partial charge is 0.354 e. The number of carboxylic acids is 1. The molecule has 0 spiro atoms. The molecule has 0 aliphatic carbocycles. The fraction of sp³-hybridized carbons (Fsp3) is 0.333. The third-order valence-corrected chi connectivity index (χ3v) is 3.60. The molecule has 1 aromatic heterocycles. The van der Waals surface area contributed by atoms with Crippen molar-refractivity contribution in [3.8, 4) is 5.75 Å². The quantitative estimate of drug-likeness (QED) is 0.872. The lowest BCUT2D eigenvalue weighted by Gasteiger charge is -2.20. The number of nitrogens with one attached hydrogen (secondary N) is 1. The lowest BCUT2D eigenvalue weighted by atomic mass is 10.1. The van der Waals surface area contributed by atoms with Gasteiger partial charge in [-0.2, -0.15) is 5.10 Å². The molecule has 2 N–H and O–H groups in total. The van der Waals surface area contributed by atoms with E-state index in [0.717, 1.165) is 18.7 Å². The highest BCUT2D eigenvalue weighted by atomic mass is 16.5. The Morgan fingerprint density at radius 1 is 1.52 bits per heavy atom. The molecule has 0 fully saturated rings. The number of fused-ring (bicyclic) bond motifs is 1. The van der Waals surface area contributed by atoms with Crippen molar-refractivity contribution < 1.29 is 14.6 Å². The van der Waals surface area contributed by atoms with Crippen LogP contribution in [0.25, 0.3) is 0 Å². The second kappa shape index (κ2) is 5.57. The summed E-state index contributed by atoms with van der Waals surface area (Å²) >= 11 is 0. The van der Waals surface area contributed by atoms with E-state index in [1.165, 1.54) is 5.56 Å². The molecule has 2 aromatic rings. The standard InChI is InChI=1S/C15H17N3O3/c1-18(8-11-7-16-17-14(11)15(19)20)9-12-6-10-4-2-3-5-13(10)21-12/h2-5,7,12H,6,8-9H2,1H3,(H,16,17)(H,19,20). The van der Waals surface area contributed by atoms with Crippen LogP contribution in [0.15, 0.2) is 30.5 Å². The van der Waals surface area contributed by atoms with Gasteiger partial charge in [-0.05, 0) is 18.7 Å². The SMILES string of the molecule is CN(Cc1cn[nH]c1C(=O)O)CC1Cc2ccccc2O1. The molecule has 1 aliphatic rings. The Balaban J connectivity index is 1.59. The number of nitrogens with zero attached hydrogens (tertiary/aromatic N) is 2. The minimum Gasteiger partial charge on any atom is -0.488 e. The van der Waals surface area contributed by atoms with Gasteiger partial charge in [0.2, 0.25) is 0 Å². The number of ether oxygens (including phenoxy) is 1. The zero-order valence-corrected chi connectivity index (χ0v) is 11.7. The van der Waals surface area contributed by atoms with Gasteiger partial charge in [-0.25, -0.2) is 4.79 Å². The van der Waals surface area contributed by atoms with Crippen molar-refractivity contribution >= 4 is 5.97 Å². The average molecular weight is 287 g/mol. The topological polar surface area (TPSA) is 78.5 Å². The molecule has 21 heavy (non-hydrogen) atoms. The molecule has 6 nitrogen and oxygen atoms in total. The molecule has 0 bridgehead atoms. The van der Waals surface area contributed by atoms with Crippen LogP contribution in [-0.4, -0.2) is 45.9 Å². The average Bonchev–Trinajstić information content (AvgIpc) is 3.03. The lowest BCUT2D eigenvalue weighted by molar-refractivity contribution is 0.0688. The van der Waals surface area contributed by atoms with Crippen LogP contribution >= 0.6 is 0 Å². The van der Waals surface area contributed by atoms with E-state index in [0.29, 0.717) is 12.1 Å². The zero-order chi connectivity index (χ0) is 14.8. The van der Waals surface area contributed by atoms with E-state index in [9.17, 15) is 4.79 Å². The fourth-order valence-electron chi connectivity index (χ4n) is 2.67. The first-order chi connectivity index (χ1) is 10.1. The number of likely N-dealkylation sites (N-methyl/N-ethyl adjacent to an activating group) is 1. The van der Waals surface area contributed by atoms with Gasteiger partial charge in [0.15, 0.2) is 0 Å². The van der Waals surface area contributed by atoms with Gasteiger partial charge in [-0.3, -0.25) is 10.00 Å². The lowest BCUT2D eigenvalue weighted by Crippen LogP contribution is -2.31. The van der Waals surface area contributed by atoms with Crippen molar-refractivity contribution in [3.05, 3.63) is 47.3 Å². The third kappa shape index (κ3) is 2.90. The van der Waals surface area contributed by atoms with Crippen LogP contribution in [0.4, 0.5) is 0 Å². The van der Waals surface area contributed by atoms with Crippen LogP contribution in [0.2, 0.25) is 0 Å². The van der Waals surface area contributed by atoms with E-state index in [4.69, 9.17) is 9.84 Å². The maximum absolute atomic E-state index is 11.0. The van der Waals surface area contributed by atoms with E-state index < -0.39 is 5.97 Å². The van der Waals surface area contributed by atoms with Gasteiger partial charge in [-0.1, -0.05) is 18.2 Å². The summed E-state index contributed by atoms with van der Waals surface area (Å²) in [7, 11) is 1.95. The molecule has 3 rings (SSSR count). The minimum atomic E-state index is -0.986. The number of carbonyl (C=O) groups is 1. The summed E-state index contributed by atoms with van der Waals surface area (Å²) in [5.41, 5.74) is 2.06. The van der Waals surface area contributed by atoms with Gasteiger partial charge >= 0.3 is 5.97 Å². The van der Waals surface area contributed by atoms with E-state index in [1.807, 2.05) is 30.1 Å². The van der Waals surface area contributed by atoms with Crippen LogP contribution in [0.5, 0.6) is 5.75 Å². The van der Waals surface area contributed by atoms with Gasteiger partial charge in [0.25, 0.3) is 0 Å². The summed E-state index contributed by atoms with van der Waals surface area (Å²) in [4.78, 5) is 13.1. The Morgan fingerprint density at radius 3 is 3.10 bits per heavy atom. The van der Waals surface area contributed by atoms with Crippen LogP contribution in [0.1, 0.15) is 21.6 Å². The second-order valence-electron chi connectivity index (χ2n) is 5.32. The molecule has 110 valence electrons. The molecule has 0 amide bonds. The van der Waals surface area contributed by atoms with Crippen molar-refractivity contribution in [2.24, 2.45) is 0 Å². The summed E-state index contributed by atoms with van der Waals surface area (Å²) in [5.74, 6) is -0.0362. The Morgan fingerprint density at radius 2 is 2.33 bits per heavy atom. The highest BCUT2D eigenvalue weighted by Crippen LogP contribution is 2.28. The van der Waals surface area contributed by atoms with Gasteiger partial charge in [0.05, 0.1) is 6.20 Å². The van der Waals surface area contributed by atoms with E-state index in [1.54, 1.807) is 6.20 Å². The maximum atomic E-state index is 11.0. The predicted octanol–water partition coefficient (Wildman–Crippen LogP) is 1.54. The third-order valence-electron chi connectivity index (χ3n) is 3.60. The van der Waals surface area contributed by atoms with Crippen molar-refractivity contribution in [2.75, 3.05) is 13.6 Å². The number of carboxylic acid groups (broad SMARTS) is 1. The molecular formula is C15H17N3O3. The maximum Gasteiger partial charge on any atom is 0.354 e. The first-order valence-electron chi connectivity index (χ1n) is 6.82. The van der Waals surface area contributed by atoms with E-state index in [-0.39, 0.29) is 11.8 Å². The molecule has 1 unspecified atom stereocenters. The number of H-pyrrole nitrogens is 1. The van der Waals surface area contributed by atoms with Crippen LogP contribution in [-0.2, 0) is 13.0 Å². The van der Waals surface area contributed by atoms with Crippen LogP contribution in [0.3, 0.4) is 0 Å². The van der Waals surface area contributed by atoms with Crippen molar-refractivity contribution in [3.63, 3.8) is 0 Å². The Hall–Kier alpha value is -2.34. The van der Waals surface area contributed by atoms with Crippen molar-refractivity contribution in [2.45, 2.75) is 19.1 Å². The summed E-state index contributed by atoms with van der Waals surface area (Å²) in [6.45, 7) is 1.26. The van der Waals surface area contributed by atoms with Crippen molar-refractivity contribution in [1.29, 1.82) is 0 Å². The molecule has 2 heterocycles.